The first-order chi connectivity index (χ1) is 17.0. The van der Waals surface area contributed by atoms with Crippen LogP contribution in [0.4, 0.5) is 10.3 Å². The standard InChI is InChI=1S/C25H25FN6O3S/c1-25(2,35)8-10-32-16-13-18-17(30(3)24(34)31(18)4)12-15(16)28-23(32)29-22(33)20-6-5-19(36-20)14-7-9-27-21(26)11-14/h5-7,9,11-13,35H,8,10H2,1-4H3,(H,28,29,33). The van der Waals surface area contributed by atoms with E-state index in [2.05, 4.69) is 15.3 Å². The summed E-state index contributed by atoms with van der Waals surface area (Å²) in [6.45, 7) is 3.84. The first kappa shape index (κ1) is 23.9. The minimum Gasteiger partial charge on any atom is -0.390 e. The van der Waals surface area contributed by atoms with Gasteiger partial charge >= 0.3 is 5.69 Å². The predicted molar refractivity (Wildman–Crippen MR) is 138 cm³/mol. The van der Waals surface area contributed by atoms with E-state index in [1.165, 1.54) is 23.6 Å². The smallest absolute Gasteiger partial charge is 0.328 e. The number of aliphatic hydroxyl groups is 1. The zero-order valence-electron chi connectivity index (χ0n) is 20.2. The van der Waals surface area contributed by atoms with Gasteiger partial charge in [-0.3, -0.25) is 19.2 Å². The van der Waals surface area contributed by atoms with Crippen LogP contribution in [0.2, 0.25) is 0 Å². The Bertz CT molecular complexity index is 1690. The van der Waals surface area contributed by atoms with E-state index in [0.717, 1.165) is 21.4 Å². The minimum atomic E-state index is -0.927. The molecule has 0 aliphatic carbocycles. The van der Waals surface area contributed by atoms with Crippen molar-refractivity contribution in [2.75, 3.05) is 5.32 Å². The molecule has 0 saturated carbocycles. The van der Waals surface area contributed by atoms with Crippen LogP contribution in [0.1, 0.15) is 29.9 Å². The molecule has 4 aromatic heterocycles. The van der Waals surface area contributed by atoms with Crippen molar-refractivity contribution in [3.63, 3.8) is 0 Å². The van der Waals surface area contributed by atoms with Crippen molar-refractivity contribution in [1.82, 2.24) is 23.7 Å². The molecule has 0 fully saturated rings. The number of aromatic nitrogens is 5. The molecular weight excluding hydrogens is 483 g/mol. The Hall–Kier alpha value is -3.83. The molecule has 5 aromatic rings. The average molecular weight is 509 g/mol. The van der Waals surface area contributed by atoms with Gasteiger partial charge in [0.2, 0.25) is 11.9 Å². The number of benzene rings is 1. The number of carbonyl (C=O) groups is 1. The number of nitrogens with zero attached hydrogens (tertiary/aromatic N) is 5. The average Bonchev–Trinajstić information content (AvgIpc) is 3.49. The third kappa shape index (κ3) is 4.31. The number of amides is 1. The normalized spacial score (nSPS) is 12.1. The molecule has 0 bridgehead atoms. The number of anilines is 1. The Labute approximate surface area is 209 Å². The zero-order chi connectivity index (χ0) is 25.8. The monoisotopic (exact) mass is 508 g/mol. The second-order valence-electron chi connectivity index (χ2n) is 9.36. The largest absolute Gasteiger partial charge is 0.390 e. The molecule has 186 valence electrons. The van der Waals surface area contributed by atoms with Gasteiger partial charge in [0.05, 0.1) is 32.5 Å². The number of thiophene rings is 1. The third-order valence-corrected chi connectivity index (χ3v) is 7.29. The second kappa shape index (κ2) is 8.68. The predicted octanol–water partition coefficient (Wildman–Crippen LogP) is 3.90. The Morgan fingerprint density at radius 2 is 1.83 bits per heavy atom. The highest BCUT2D eigenvalue weighted by Gasteiger charge is 2.21. The number of hydrogen-bond donors (Lipinski definition) is 2. The summed E-state index contributed by atoms with van der Waals surface area (Å²) in [5.74, 6) is -0.598. The van der Waals surface area contributed by atoms with E-state index in [-0.39, 0.29) is 11.6 Å². The maximum absolute atomic E-state index is 13.5. The van der Waals surface area contributed by atoms with Crippen molar-refractivity contribution < 1.29 is 14.3 Å². The first-order valence-electron chi connectivity index (χ1n) is 11.3. The van der Waals surface area contributed by atoms with Gasteiger partial charge in [0.15, 0.2) is 0 Å². The molecule has 0 unspecified atom stereocenters. The van der Waals surface area contributed by atoms with Gasteiger partial charge < -0.3 is 9.67 Å². The van der Waals surface area contributed by atoms with Crippen LogP contribution in [0.25, 0.3) is 32.5 Å². The molecule has 0 saturated heterocycles. The summed E-state index contributed by atoms with van der Waals surface area (Å²) in [6, 6.07) is 10.1. The summed E-state index contributed by atoms with van der Waals surface area (Å²) in [6.07, 6.45) is 1.80. The van der Waals surface area contributed by atoms with Crippen molar-refractivity contribution in [2.45, 2.75) is 32.4 Å². The van der Waals surface area contributed by atoms with Crippen LogP contribution in [-0.2, 0) is 20.6 Å². The Morgan fingerprint density at radius 3 is 2.53 bits per heavy atom. The van der Waals surface area contributed by atoms with E-state index >= 15 is 0 Å². The van der Waals surface area contributed by atoms with Crippen LogP contribution in [0.5, 0.6) is 0 Å². The van der Waals surface area contributed by atoms with Crippen molar-refractivity contribution >= 4 is 45.3 Å². The summed E-state index contributed by atoms with van der Waals surface area (Å²) in [5.41, 5.74) is 2.40. The fourth-order valence-corrected chi connectivity index (χ4v) is 5.06. The topological polar surface area (TPSA) is 107 Å². The first-order valence-corrected chi connectivity index (χ1v) is 12.1. The quantitative estimate of drug-likeness (QED) is 0.338. The number of rotatable bonds is 6. The molecule has 0 atom stereocenters. The number of hydrogen-bond acceptors (Lipinski definition) is 6. The number of pyridine rings is 1. The summed E-state index contributed by atoms with van der Waals surface area (Å²) in [4.78, 5) is 35.0. The molecular formula is C25H25FN6O3S. The van der Waals surface area contributed by atoms with E-state index in [1.54, 1.807) is 55.3 Å². The molecule has 4 heterocycles. The maximum atomic E-state index is 13.5. The summed E-state index contributed by atoms with van der Waals surface area (Å²) in [7, 11) is 3.41. The van der Waals surface area contributed by atoms with Gasteiger partial charge in [0.1, 0.15) is 0 Å². The minimum absolute atomic E-state index is 0.142. The van der Waals surface area contributed by atoms with Crippen LogP contribution in [0, 0.1) is 5.95 Å². The Balaban J connectivity index is 1.54. The molecule has 0 spiro atoms. The molecule has 0 radical (unpaired) electrons. The summed E-state index contributed by atoms with van der Waals surface area (Å²) < 4.78 is 18.5. The third-order valence-electron chi connectivity index (χ3n) is 6.15. The molecule has 9 nitrogen and oxygen atoms in total. The van der Waals surface area contributed by atoms with Crippen LogP contribution in [-0.4, -0.2) is 40.3 Å². The molecule has 36 heavy (non-hydrogen) atoms. The van der Waals surface area contributed by atoms with E-state index in [9.17, 15) is 19.1 Å². The van der Waals surface area contributed by atoms with Gasteiger partial charge in [0, 0.05) is 37.8 Å². The Morgan fingerprint density at radius 1 is 1.11 bits per heavy atom. The fraction of sp³-hybridized carbons (Fsp3) is 0.280. The van der Waals surface area contributed by atoms with E-state index < -0.39 is 11.5 Å². The van der Waals surface area contributed by atoms with Crippen molar-refractivity contribution in [3.05, 3.63) is 63.9 Å². The van der Waals surface area contributed by atoms with Gasteiger partial charge in [0.25, 0.3) is 5.91 Å². The van der Waals surface area contributed by atoms with E-state index in [1.807, 2.05) is 16.7 Å². The van der Waals surface area contributed by atoms with Crippen LogP contribution >= 0.6 is 11.3 Å². The second-order valence-corrected chi connectivity index (χ2v) is 10.4. The number of halogens is 1. The molecule has 2 N–H and O–H groups in total. The van der Waals surface area contributed by atoms with Crippen molar-refractivity contribution in [3.8, 4) is 10.4 Å². The maximum Gasteiger partial charge on any atom is 0.328 e. The SMILES string of the molecule is Cn1c(=O)n(C)c2cc3c(cc21)nc(NC(=O)c1ccc(-c2ccnc(F)c2)s1)n3CCC(C)(C)O. The van der Waals surface area contributed by atoms with Crippen molar-refractivity contribution in [1.29, 1.82) is 0 Å². The summed E-state index contributed by atoms with van der Waals surface area (Å²) in [5, 5.41) is 13.2. The van der Waals surface area contributed by atoms with Crippen molar-refractivity contribution in [2.24, 2.45) is 14.1 Å². The number of imidazole rings is 2. The molecule has 0 aliphatic rings. The molecule has 1 amide bonds. The highest BCUT2D eigenvalue weighted by Crippen LogP contribution is 2.30. The van der Waals surface area contributed by atoms with Crippen LogP contribution < -0.4 is 11.0 Å². The number of nitrogens with one attached hydrogen (secondary N) is 1. The highest BCUT2D eigenvalue weighted by molar-refractivity contribution is 7.17. The molecule has 11 heteroatoms. The Kier molecular flexibility index (Phi) is 5.76. The summed E-state index contributed by atoms with van der Waals surface area (Å²) >= 11 is 1.24. The zero-order valence-corrected chi connectivity index (χ0v) is 21.1. The van der Waals surface area contributed by atoms with E-state index in [0.29, 0.717) is 34.9 Å². The lowest BCUT2D eigenvalue weighted by Gasteiger charge is -2.18. The van der Waals surface area contributed by atoms with E-state index in [4.69, 9.17) is 0 Å². The van der Waals surface area contributed by atoms with Gasteiger partial charge in [-0.2, -0.15) is 4.39 Å². The molecule has 1 aromatic carbocycles. The molecule has 0 aliphatic heterocycles. The van der Waals surface area contributed by atoms with Crippen LogP contribution in [0.3, 0.4) is 0 Å². The lowest BCUT2D eigenvalue weighted by atomic mass is 10.1. The number of fused-ring (bicyclic) bond motifs is 2. The van der Waals surface area contributed by atoms with Gasteiger partial charge in [-0.05, 0) is 56.2 Å². The number of aryl methyl sites for hydroxylation is 3. The lowest BCUT2D eigenvalue weighted by molar-refractivity contribution is 0.0667. The lowest BCUT2D eigenvalue weighted by Crippen LogP contribution is -2.22. The van der Waals surface area contributed by atoms with Gasteiger partial charge in [-0.25, -0.2) is 14.8 Å². The fourth-order valence-electron chi connectivity index (χ4n) is 4.16. The molecule has 5 rings (SSSR count). The van der Waals surface area contributed by atoms with Gasteiger partial charge in [-0.1, -0.05) is 0 Å². The number of carbonyl (C=O) groups excluding carboxylic acids is 1. The van der Waals surface area contributed by atoms with Crippen LogP contribution in [0.15, 0.2) is 47.4 Å². The van der Waals surface area contributed by atoms with Gasteiger partial charge in [-0.15, -0.1) is 11.3 Å². The highest BCUT2D eigenvalue weighted by atomic mass is 32.1.